The molecule has 0 heterocycles. The predicted molar refractivity (Wildman–Crippen MR) is 71.9 cm³/mol. The van der Waals surface area contributed by atoms with Crippen LogP contribution in [-0.4, -0.2) is 8.07 Å². The van der Waals surface area contributed by atoms with Gasteiger partial charge in [0.25, 0.3) is 0 Å². The summed E-state index contributed by atoms with van der Waals surface area (Å²) in [5, 5.41) is 4.82. The second-order valence-electron chi connectivity index (χ2n) is 4.96. The summed E-state index contributed by atoms with van der Waals surface area (Å²) >= 11 is 5.96. The van der Waals surface area contributed by atoms with Crippen molar-refractivity contribution >= 4 is 35.6 Å². The highest BCUT2D eigenvalue weighted by molar-refractivity contribution is 6.88. The van der Waals surface area contributed by atoms with Crippen LogP contribution < -0.4 is 5.19 Å². The van der Waals surface area contributed by atoms with E-state index in [9.17, 15) is 0 Å². The van der Waals surface area contributed by atoms with Gasteiger partial charge in [0.05, 0.1) is 8.07 Å². The molecule has 0 aliphatic carbocycles. The molecular weight excluding hydrogens is 220 g/mol. The normalized spacial score (nSPS) is 12.0. The molecule has 2 heteroatoms. The van der Waals surface area contributed by atoms with E-state index in [-0.39, 0.29) is 0 Å². The van der Waals surface area contributed by atoms with Gasteiger partial charge < -0.3 is 0 Å². The van der Waals surface area contributed by atoms with E-state index in [0.717, 1.165) is 5.02 Å². The Kier molecular flexibility index (Phi) is 2.61. The van der Waals surface area contributed by atoms with Crippen molar-refractivity contribution in [2.75, 3.05) is 0 Å². The summed E-state index contributed by atoms with van der Waals surface area (Å²) in [7, 11) is -1.20. The van der Waals surface area contributed by atoms with Gasteiger partial charge in [-0.2, -0.15) is 0 Å². The lowest BCUT2D eigenvalue weighted by atomic mass is 10.1. The van der Waals surface area contributed by atoms with Crippen LogP contribution >= 0.6 is 11.6 Å². The van der Waals surface area contributed by atoms with Crippen molar-refractivity contribution in [3.8, 4) is 0 Å². The van der Waals surface area contributed by atoms with Gasteiger partial charge in [0.2, 0.25) is 0 Å². The molecule has 78 valence electrons. The van der Waals surface area contributed by atoms with Gasteiger partial charge in [0.1, 0.15) is 0 Å². The van der Waals surface area contributed by atoms with E-state index in [4.69, 9.17) is 11.6 Å². The third-order valence-electron chi connectivity index (χ3n) is 2.67. The Morgan fingerprint density at radius 3 is 2.13 bits per heavy atom. The molecule has 0 saturated heterocycles. The quantitative estimate of drug-likeness (QED) is 0.654. The zero-order chi connectivity index (χ0) is 11.1. The van der Waals surface area contributed by atoms with Crippen LogP contribution in [0, 0.1) is 0 Å². The van der Waals surface area contributed by atoms with E-state index in [1.165, 1.54) is 16.0 Å². The van der Waals surface area contributed by atoms with E-state index in [1.54, 1.807) is 0 Å². The molecule has 0 amide bonds. The fourth-order valence-corrected chi connectivity index (χ4v) is 3.04. The molecule has 0 atom stereocenters. The lowest BCUT2D eigenvalue weighted by Gasteiger charge is -2.17. The largest absolute Gasteiger partial charge is 0.0843 e. The van der Waals surface area contributed by atoms with Gasteiger partial charge in [-0.15, -0.1) is 0 Å². The number of fused-ring (bicyclic) bond motifs is 1. The van der Waals surface area contributed by atoms with Gasteiger partial charge in [-0.25, -0.2) is 0 Å². The van der Waals surface area contributed by atoms with Gasteiger partial charge in [0, 0.05) is 5.02 Å². The second kappa shape index (κ2) is 3.65. The Morgan fingerprint density at radius 2 is 1.47 bits per heavy atom. The molecular formula is C13H15ClSi. The SMILES string of the molecule is C[Si](C)(C)c1ccc2cc(Cl)ccc2c1. The van der Waals surface area contributed by atoms with Crippen molar-refractivity contribution in [3.63, 3.8) is 0 Å². The van der Waals surface area contributed by atoms with Gasteiger partial charge in [-0.05, 0) is 22.9 Å². The zero-order valence-electron chi connectivity index (χ0n) is 9.34. The van der Waals surface area contributed by atoms with Gasteiger partial charge in [-0.3, -0.25) is 0 Å². The standard InChI is InChI=1S/C13H15ClSi/c1-15(2,3)13-7-5-10-8-12(14)6-4-11(10)9-13/h4-9H,1-3H3. The molecule has 0 aliphatic heterocycles. The highest BCUT2D eigenvalue weighted by Crippen LogP contribution is 2.19. The minimum Gasteiger partial charge on any atom is -0.0843 e. The summed E-state index contributed by atoms with van der Waals surface area (Å²) in [5.74, 6) is 0. The lowest BCUT2D eigenvalue weighted by molar-refractivity contribution is 1.71. The van der Waals surface area contributed by atoms with Crippen LogP contribution in [0.4, 0.5) is 0 Å². The maximum absolute atomic E-state index is 5.96. The second-order valence-corrected chi connectivity index (χ2v) is 10.5. The summed E-state index contributed by atoms with van der Waals surface area (Å²) in [6.45, 7) is 7.10. The fourth-order valence-electron chi connectivity index (χ4n) is 1.68. The maximum Gasteiger partial charge on any atom is 0.0776 e. The molecule has 2 rings (SSSR count). The minimum absolute atomic E-state index is 0.809. The van der Waals surface area contributed by atoms with Crippen LogP contribution in [0.5, 0.6) is 0 Å². The van der Waals surface area contributed by atoms with Crippen molar-refractivity contribution in [2.45, 2.75) is 19.6 Å². The fraction of sp³-hybridized carbons (Fsp3) is 0.231. The summed E-state index contributed by atoms with van der Waals surface area (Å²) in [6.07, 6.45) is 0. The Labute approximate surface area is 96.9 Å². The molecule has 0 N–H and O–H groups in total. The minimum atomic E-state index is -1.20. The van der Waals surface area contributed by atoms with E-state index in [0.29, 0.717) is 0 Å². The lowest BCUT2D eigenvalue weighted by Crippen LogP contribution is -2.37. The molecule has 0 unspecified atom stereocenters. The molecule has 0 bridgehead atoms. The Hall–Kier alpha value is -0.793. The van der Waals surface area contributed by atoms with E-state index in [1.807, 2.05) is 12.1 Å². The van der Waals surface area contributed by atoms with Crippen molar-refractivity contribution in [1.82, 2.24) is 0 Å². The first-order valence-electron chi connectivity index (χ1n) is 5.17. The van der Waals surface area contributed by atoms with Gasteiger partial charge in [0.15, 0.2) is 0 Å². The van der Waals surface area contributed by atoms with Crippen molar-refractivity contribution < 1.29 is 0 Å². The molecule has 0 aromatic heterocycles. The number of halogens is 1. The first kappa shape index (κ1) is 10.7. The third-order valence-corrected chi connectivity index (χ3v) is 4.95. The first-order chi connectivity index (χ1) is 6.97. The van der Waals surface area contributed by atoms with Crippen molar-refractivity contribution in [2.24, 2.45) is 0 Å². The van der Waals surface area contributed by atoms with Crippen LogP contribution in [0.15, 0.2) is 36.4 Å². The van der Waals surface area contributed by atoms with E-state index >= 15 is 0 Å². The molecule has 2 aromatic rings. The number of rotatable bonds is 1. The maximum atomic E-state index is 5.96. The van der Waals surface area contributed by atoms with Crippen molar-refractivity contribution in [3.05, 3.63) is 41.4 Å². The number of hydrogen-bond acceptors (Lipinski definition) is 0. The zero-order valence-corrected chi connectivity index (χ0v) is 11.1. The Balaban J connectivity index is 2.62. The van der Waals surface area contributed by atoms with Crippen LogP contribution in [0.3, 0.4) is 0 Å². The smallest absolute Gasteiger partial charge is 0.0776 e. The molecule has 0 saturated carbocycles. The average Bonchev–Trinajstić information content (AvgIpc) is 2.15. The summed E-state index contributed by atoms with van der Waals surface area (Å²) in [4.78, 5) is 0. The molecule has 15 heavy (non-hydrogen) atoms. The van der Waals surface area contributed by atoms with Crippen LogP contribution in [0.25, 0.3) is 10.8 Å². The third kappa shape index (κ3) is 2.24. The summed E-state index contributed by atoms with van der Waals surface area (Å²) in [6, 6.07) is 12.8. The summed E-state index contributed by atoms with van der Waals surface area (Å²) in [5.41, 5.74) is 0. The highest BCUT2D eigenvalue weighted by Gasteiger charge is 2.16. The Bertz CT molecular complexity index is 497. The summed E-state index contributed by atoms with van der Waals surface area (Å²) < 4.78 is 0. The highest BCUT2D eigenvalue weighted by atomic mass is 35.5. The molecule has 0 radical (unpaired) electrons. The van der Waals surface area contributed by atoms with E-state index in [2.05, 4.69) is 43.9 Å². The number of hydrogen-bond donors (Lipinski definition) is 0. The predicted octanol–water partition coefficient (Wildman–Crippen LogP) is 4.04. The Morgan fingerprint density at radius 1 is 0.867 bits per heavy atom. The molecule has 0 spiro atoms. The average molecular weight is 235 g/mol. The monoisotopic (exact) mass is 234 g/mol. The molecule has 0 fully saturated rings. The van der Waals surface area contributed by atoms with Gasteiger partial charge >= 0.3 is 0 Å². The molecule has 0 aliphatic rings. The van der Waals surface area contributed by atoms with E-state index < -0.39 is 8.07 Å². The number of benzene rings is 2. The molecule has 0 nitrogen and oxygen atoms in total. The first-order valence-corrected chi connectivity index (χ1v) is 9.04. The molecule has 2 aromatic carbocycles. The van der Waals surface area contributed by atoms with Crippen molar-refractivity contribution in [1.29, 1.82) is 0 Å². The van der Waals surface area contributed by atoms with Gasteiger partial charge in [-0.1, -0.05) is 60.7 Å². The van der Waals surface area contributed by atoms with Crippen LogP contribution in [-0.2, 0) is 0 Å². The topological polar surface area (TPSA) is 0 Å². The van der Waals surface area contributed by atoms with Crippen LogP contribution in [0.2, 0.25) is 24.7 Å². The van der Waals surface area contributed by atoms with Crippen LogP contribution in [0.1, 0.15) is 0 Å².